The van der Waals surface area contributed by atoms with Gasteiger partial charge in [-0.3, -0.25) is 0 Å². The minimum atomic E-state index is 0.990. The molecule has 0 radical (unpaired) electrons. The third-order valence-corrected chi connectivity index (χ3v) is 1.36. The van der Waals surface area contributed by atoms with Crippen LogP contribution >= 0.6 is 0 Å². The molecule has 1 nitrogen and oxygen atoms in total. The van der Waals surface area contributed by atoms with Gasteiger partial charge in [-0.15, -0.1) is 0 Å². The van der Waals surface area contributed by atoms with E-state index >= 15 is 0 Å². The monoisotopic (exact) mass is 134 g/mol. The minimum Gasteiger partial charge on any atom is -0.317 e. The first-order valence-electron chi connectivity index (χ1n) is 3.41. The van der Waals surface area contributed by atoms with Crippen molar-refractivity contribution < 1.29 is 5.32 Å². The number of benzene rings is 1. The van der Waals surface area contributed by atoms with E-state index in [1.807, 2.05) is 24.4 Å². The van der Waals surface area contributed by atoms with Gasteiger partial charge in [0.05, 0.1) is 6.20 Å². The van der Waals surface area contributed by atoms with Crippen molar-refractivity contribution >= 4 is 0 Å². The molecule has 0 bridgehead atoms. The fourth-order valence-corrected chi connectivity index (χ4v) is 0.834. The van der Waals surface area contributed by atoms with Crippen molar-refractivity contribution in [3.8, 4) is 0 Å². The van der Waals surface area contributed by atoms with Crippen molar-refractivity contribution in [2.45, 2.75) is 6.54 Å². The van der Waals surface area contributed by atoms with E-state index in [0.717, 1.165) is 6.54 Å². The summed E-state index contributed by atoms with van der Waals surface area (Å²) in [5.41, 5.74) is 1.34. The van der Waals surface area contributed by atoms with Crippen LogP contribution in [0.1, 0.15) is 5.56 Å². The molecule has 0 aliphatic carbocycles. The molecule has 10 heavy (non-hydrogen) atoms. The fraction of sp³-hybridized carbons (Fsp3) is 0.111. The highest BCUT2D eigenvalue weighted by molar-refractivity contribution is 5.12. The largest absolute Gasteiger partial charge is 0.317 e. The number of nitrogens with two attached hydrogens (primary N) is 1. The maximum absolute atomic E-state index is 3.62. The third kappa shape index (κ3) is 2.03. The lowest BCUT2D eigenvalue weighted by Gasteiger charge is -1.93. The highest BCUT2D eigenvalue weighted by Crippen LogP contribution is 1.93. The quantitative estimate of drug-likeness (QED) is 0.632. The van der Waals surface area contributed by atoms with Crippen molar-refractivity contribution in [3.05, 3.63) is 48.7 Å². The lowest BCUT2D eigenvalue weighted by molar-refractivity contribution is -0.604. The van der Waals surface area contributed by atoms with Gasteiger partial charge in [-0.2, -0.15) is 0 Å². The second-order valence-corrected chi connectivity index (χ2v) is 2.16. The molecule has 0 heterocycles. The molecular weight excluding hydrogens is 122 g/mol. The summed E-state index contributed by atoms with van der Waals surface area (Å²) in [6.07, 6.45) is 1.83. The number of hydrogen-bond acceptors (Lipinski definition) is 0. The van der Waals surface area contributed by atoms with Gasteiger partial charge in [0.25, 0.3) is 0 Å². The minimum absolute atomic E-state index is 0.990. The first-order valence-corrected chi connectivity index (χ1v) is 3.41. The van der Waals surface area contributed by atoms with Crippen LogP contribution in [-0.2, 0) is 6.54 Å². The molecule has 2 N–H and O–H groups in total. The van der Waals surface area contributed by atoms with Crippen LogP contribution in [-0.4, -0.2) is 0 Å². The number of rotatable bonds is 3. The molecule has 52 valence electrons. The highest BCUT2D eigenvalue weighted by Gasteiger charge is 1.87. The predicted molar refractivity (Wildman–Crippen MR) is 42.3 cm³/mol. The Morgan fingerprint density at radius 1 is 1.30 bits per heavy atom. The van der Waals surface area contributed by atoms with E-state index in [-0.39, 0.29) is 0 Å². The van der Waals surface area contributed by atoms with E-state index in [9.17, 15) is 0 Å². The molecule has 0 amide bonds. The van der Waals surface area contributed by atoms with Gasteiger partial charge in [-0.05, 0) is 6.58 Å². The van der Waals surface area contributed by atoms with E-state index in [1.54, 1.807) is 0 Å². The van der Waals surface area contributed by atoms with Crippen LogP contribution in [0.25, 0.3) is 0 Å². The zero-order valence-corrected chi connectivity index (χ0v) is 5.96. The van der Waals surface area contributed by atoms with E-state index in [4.69, 9.17) is 0 Å². The van der Waals surface area contributed by atoms with Crippen LogP contribution in [0.15, 0.2) is 43.1 Å². The van der Waals surface area contributed by atoms with Gasteiger partial charge in [0.1, 0.15) is 6.54 Å². The molecule has 0 saturated carbocycles. The smallest absolute Gasteiger partial charge is 0.105 e. The van der Waals surface area contributed by atoms with E-state index < -0.39 is 0 Å². The Balaban J connectivity index is 2.50. The number of quaternary nitrogens is 1. The summed E-state index contributed by atoms with van der Waals surface area (Å²) in [5, 5.41) is 2.05. The summed E-state index contributed by atoms with van der Waals surface area (Å²) in [4.78, 5) is 0. The lowest BCUT2D eigenvalue weighted by atomic mass is 10.2. The molecule has 0 fully saturated rings. The molecule has 0 atom stereocenters. The average Bonchev–Trinajstić information content (AvgIpc) is 2.03. The van der Waals surface area contributed by atoms with Crippen LogP contribution in [0.2, 0.25) is 0 Å². The maximum Gasteiger partial charge on any atom is 0.105 e. The van der Waals surface area contributed by atoms with Gasteiger partial charge in [0.15, 0.2) is 0 Å². The van der Waals surface area contributed by atoms with Crippen molar-refractivity contribution in [1.82, 2.24) is 0 Å². The topological polar surface area (TPSA) is 16.6 Å². The van der Waals surface area contributed by atoms with Crippen molar-refractivity contribution in [2.75, 3.05) is 0 Å². The molecule has 0 spiro atoms. The maximum atomic E-state index is 3.62. The van der Waals surface area contributed by atoms with Gasteiger partial charge in [-0.1, -0.05) is 30.3 Å². The summed E-state index contributed by atoms with van der Waals surface area (Å²) in [5.74, 6) is 0. The SMILES string of the molecule is C=C[NH2+]Cc1ccccc1. The zero-order valence-electron chi connectivity index (χ0n) is 5.96. The molecular formula is C9H12N+. The van der Waals surface area contributed by atoms with Gasteiger partial charge in [0.2, 0.25) is 0 Å². The Morgan fingerprint density at radius 3 is 2.60 bits per heavy atom. The van der Waals surface area contributed by atoms with Crippen molar-refractivity contribution in [1.29, 1.82) is 0 Å². The molecule has 0 unspecified atom stereocenters. The molecule has 1 aromatic carbocycles. The second kappa shape index (κ2) is 3.85. The molecule has 0 aliphatic heterocycles. The fourth-order valence-electron chi connectivity index (χ4n) is 0.834. The van der Waals surface area contributed by atoms with E-state index in [0.29, 0.717) is 0 Å². The second-order valence-electron chi connectivity index (χ2n) is 2.16. The van der Waals surface area contributed by atoms with Gasteiger partial charge < -0.3 is 5.32 Å². The zero-order chi connectivity index (χ0) is 7.23. The molecule has 1 heteroatoms. The summed E-state index contributed by atoms with van der Waals surface area (Å²) < 4.78 is 0. The van der Waals surface area contributed by atoms with Crippen LogP contribution in [0.5, 0.6) is 0 Å². The summed E-state index contributed by atoms with van der Waals surface area (Å²) >= 11 is 0. The molecule has 1 rings (SSSR count). The van der Waals surface area contributed by atoms with Crippen molar-refractivity contribution in [2.24, 2.45) is 0 Å². The van der Waals surface area contributed by atoms with E-state index in [2.05, 4.69) is 24.0 Å². The van der Waals surface area contributed by atoms with Crippen LogP contribution in [0, 0.1) is 0 Å². The first kappa shape index (κ1) is 7.03. The van der Waals surface area contributed by atoms with Gasteiger partial charge >= 0.3 is 0 Å². The first-order chi connectivity index (χ1) is 4.93. The van der Waals surface area contributed by atoms with E-state index in [1.165, 1.54) is 5.56 Å². The normalized spacial score (nSPS) is 9.20. The summed E-state index contributed by atoms with van der Waals surface area (Å²) in [7, 11) is 0. The standard InChI is InChI=1S/C9H11N/c1-2-10-8-9-6-4-3-5-7-9/h2-7,10H,1,8H2/p+1. The molecule has 1 aromatic rings. The molecule has 0 aliphatic rings. The van der Waals surface area contributed by atoms with Crippen LogP contribution < -0.4 is 5.32 Å². The summed E-state index contributed by atoms with van der Waals surface area (Å²) in [6.45, 7) is 4.61. The predicted octanol–water partition coefficient (Wildman–Crippen LogP) is 0.893. The van der Waals surface area contributed by atoms with Crippen LogP contribution in [0.3, 0.4) is 0 Å². The Kier molecular flexibility index (Phi) is 2.71. The van der Waals surface area contributed by atoms with Gasteiger partial charge in [0, 0.05) is 5.56 Å². The molecule has 0 aromatic heterocycles. The Bertz CT molecular complexity index is 191. The Morgan fingerprint density at radius 2 is 2.00 bits per heavy atom. The third-order valence-electron chi connectivity index (χ3n) is 1.36. The number of hydrogen-bond donors (Lipinski definition) is 1. The lowest BCUT2D eigenvalue weighted by Crippen LogP contribution is -2.75. The van der Waals surface area contributed by atoms with Crippen LogP contribution in [0.4, 0.5) is 0 Å². The molecule has 0 saturated heterocycles. The Labute approximate surface area is 61.4 Å². The van der Waals surface area contributed by atoms with Gasteiger partial charge in [-0.25, -0.2) is 0 Å². The average molecular weight is 134 g/mol. The Hall–Kier alpha value is -1.08. The van der Waals surface area contributed by atoms with Crippen molar-refractivity contribution in [3.63, 3.8) is 0 Å². The summed E-state index contributed by atoms with van der Waals surface area (Å²) in [6, 6.07) is 10.3. The highest BCUT2D eigenvalue weighted by atomic mass is 14.8.